The van der Waals surface area contributed by atoms with E-state index < -0.39 is 15.6 Å². The molecule has 0 saturated carbocycles. The molecular weight excluding hydrogens is 382 g/mol. The minimum absolute atomic E-state index is 0.122. The van der Waals surface area contributed by atoms with Crippen LogP contribution in [-0.2, 0) is 26.0 Å². The summed E-state index contributed by atoms with van der Waals surface area (Å²) in [6.07, 6.45) is 2.36. The van der Waals surface area contributed by atoms with Gasteiger partial charge in [0.25, 0.3) is 0 Å². The Labute approximate surface area is 166 Å². The summed E-state index contributed by atoms with van der Waals surface area (Å²) in [5.41, 5.74) is 0.763. The fourth-order valence-electron chi connectivity index (χ4n) is 3.05. The largest absolute Gasteiger partial charge is 0.394 e. The number of sulfonamides is 1. The van der Waals surface area contributed by atoms with Crippen LogP contribution in [0.3, 0.4) is 0 Å². The average molecular weight is 412 g/mol. The van der Waals surface area contributed by atoms with Crippen molar-refractivity contribution >= 4 is 27.5 Å². The second kappa shape index (κ2) is 9.02. The van der Waals surface area contributed by atoms with Crippen molar-refractivity contribution in [1.82, 2.24) is 9.62 Å². The first-order valence-corrected chi connectivity index (χ1v) is 11.1. The summed E-state index contributed by atoms with van der Waals surface area (Å²) in [7, 11) is -3.21. The normalized spacial score (nSPS) is 16.6. The molecule has 0 aromatic heterocycles. The number of rotatable bonds is 7. The monoisotopic (exact) mass is 411 g/mol. The molecule has 9 heteroatoms. The van der Waals surface area contributed by atoms with Crippen molar-refractivity contribution in [3.8, 4) is 0 Å². The summed E-state index contributed by atoms with van der Waals surface area (Å²) < 4.78 is 24.5. The van der Waals surface area contributed by atoms with Gasteiger partial charge in [0.1, 0.15) is 0 Å². The molecule has 156 valence electrons. The number of aliphatic hydroxyl groups excluding tert-OH is 1. The van der Waals surface area contributed by atoms with Crippen LogP contribution < -0.4 is 10.6 Å². The maximum absolute atomic E-state index is 12.4. The molecule has 28 heavy (non-hydrogen) atoms. The number of anilines is 1. The molecule has 2 amide bonds. The van der Waals surface area contributed by atoms with Crippen molar-refractivity contribution in [3.05, 3.63) is 29.8 Å². The Kier molecular flexibility index (Phi) is 7.19. The third-order valence-electron chi connectivity index (χ3n) is 4.75. The zero-order chi connectivity index (χ0) is 20.9. The van der Waals surface area contributed by atoms with Crippen molar-refractivity contribution in [2.24, 2.45) is 5.92 Å². The highest BCUT2D eigenvalue weighted by atomic mass is 32.2. The Morgan fingerprint density at radius 3 is 2.25 bits per heavy atom. The van der Waals surface area contributed by atoms with E-state index in [9.17, 15) is 23.1 Å². The molecule has 0 spiro atoms. The summed E-state index contributed by atoms with van der Waals surface area (Å²) >= 11 is 0. The number of hydrogen-bond acceptors (Lipinski definition) is 5. The number of aliphatic hydroxyl groups is 1. The number of nitrogens with one attached hydrogen (secondary N) is 2. The van der Waals surface area contributed by atoms with Crippen molar-refractivity contribution in [1.29, 1.82) is 0 Å². The van der Waals surface area contributed by atoms with Gasteiger partial charge in [-0.15, -0.1) is 0 Å². The molecule has 1 aliphatic heterocycles. The second-order valence-electron chi connectivity index (χ2n) is 7.89. The molecule has 2 rings (SSSR count). The number of benzene rings is 1. The Hall–Kier alpha value is -1.97. The molecule has 0 unspecified atom stereocenters. The quantitative estimate of drug-likeness (QED) is 0.612. The van der Waals surface area contributed by atoms with Crippen LogP contribution in [0.25, 0.3) is 0 Å². The minimum Gasteiger partial charge on any atom is -0.394 e. The Morgan fingerprint density at radius 1 is 1.18 bits per heavy atom. The van der Waals surface area contributed by atoms with E-state index in [0.29, 0.717) is 31.6 Å². The van der Waals surface area contributed by atoms with Crippen LogP contribution in [0.5, 0.6) is 0 Å². The molecule has 1 saturated heterocycles. The topological polar surface area (TPSA) is 116 Å². The van der Waals surface area contributed by atoms with Gasteiger partial charge in [-0.3, -0.25) is 9.59 Å². The standard InChI is InChI=1S/C19H29N3O5S/c1-19(2,13-23)21-17(24)12-14-4-6-16(7-5-14)20-18(25)15-8-10-22(11-9-15)28(3,26)27/h4-7,15,23H,8-13H2,1-3H3,(H,20,25)(H,21,24). The van der Waals surface area contributed by atoms with Gasteiger partial charge in [-0.1, -0.05) is 12.1 Å². The predicted molar refractivity (Wildman–Crippen MR) is 107 cm³/mol. The molecule has 1 fully saturated rings. The van der Waals surface area contributed by atoms with Gasteiger partial charge in [-0.25, -0.2) is 12.7 Å². The first-order valence-electron chi connectivity index (χ1n) is 9.27. The number of hydrogen-bond donors (Lipinski definition) is 3. The van der Waals surface area contributed by atoms with Gasteiger partial charge in [-0.05, 0) is 44.4 Å². The number of carbonyl (C=O) groups is 2. The fourth-order valence-corrected chi connectivity index (χ4v) is 3.92. The highest BCUT2D eigenvalue weighted by Crippen LogP contribution is 2.21. The number of amides is 2. The molecule has 0 bridgehead atoms. The molecular formula is C19H29N3O5S. The van der Waals surface area contributed by atoms with E-state index in [4.69, 9.17) is 0 Å². The lowest BCUT2D eigenvalue weighted by Crippen LogP contribution is -2.46. The lowest BCUT2D eigenvalue weighted by Gasteiger charge is -2.29. The summed E-state index contributed by atoms with van der Waals surface area (Å²) in [5, 5.41) is 14.8. The molecule has 0 aliphatic carbocycles. The van der Waals surface area contributed by atoms with Gasteiger partial charge < -0.3 is 15.7 Å². The van der Waals surface area contributed by atoms with Crippen molar-refractivity contribution < 1.29 is 23.1 Å². The third-order valence-corrected chi connectivity index (χ3v) is 6.06. The van der Waals surface area contributed by atoms with E-state index in [1.54, 1.807) is 38.1 Å². The molecule has 8 nitrogen and oxygen atoms in total. The first kappa shape index (κ1) is 22.3. The number of carbonyl (C=O) groups excluding carboxylic acids is 2. The zero-order valence-electron chi connectivity index (χ0n) is 16.6. The van der Waals surface area contributed by atoms with E-state index in [-0.39, 0.29) is 30.8 Å². The van der Waals surface area contributed by atoms with E-state index in [1.165, 1.54) is 10.6 Å². The Balaban J connectivity index is 1.85. The highest BCUT2D eigenvalue weighted by molar-refractivity contribution is 7.88. The lowest BCUT2D eigenvalue weighted by atomic mass is 9.97. The predicted octanol–water partition coefficient (Wildman–Crippen LogP) is 0.726. The molecule has 0 atom stereocenters. The van der Waals surface area contributed by atoms with Gasteiger partial charge in [0.15, 0.2) is 0 Å². The van der Waals surface area contributed by atoms with Crippen LogP contribution in [0.2, 0.25) is 0 Å². The maximum Gasteiger partial charge on any atom is 0.227 e. The van der Waals surface area contributed by atoms with Gasteiger partial charge in [-0.2, -0.15) is 0 Å². The number of piperidine rings is 1. The molecule has 1 heterocycles. The highest BCUT2D eigenvalue weighted by Gasteiger charge is 2.29. The van der Waals surface area contributed by atoms with Gasteiger partial charge in [0, 0.05) is 24.7 Å². The van der Waals surface area contributed by atoms with Crippen LogP contribution in [0.4, 0.5) is 5.69 Å². The Bertz CT molecular complexity index is 797. The summed E-state index contributed by atoms with van der Waals surface area (Å²) in [6, 6.07) is 7.02. The summed E-state index contributed by atoms with van der Waals surface area (Å²) in [4.78, 5) is 24.4. The van der Waals surface area contributed by atoms with E-state index in [1.807, 2.05) is 0 Å². The van der Waals surface area contributed by atoms with Crippen LogP contribution in [0.1, 0.15) is 32.3 Å². The van der Waals surface area contributed by atoms with Gasteiger partial charge in [0.2, 0.25) is 21.8 Å². The summed E-state index contributed by atoms with van der Waals surface area (Å²) in [5.74, 6) is -0.527. The van der Waals surface area contributed by atoms with Crippen LogP contribution in [0.15, 0.2) is 24.3 Å². The Morgan fingerprint density at radius 2 is 1.75 bits per heavy atom. The van der Waals surface area contributed by atoms with E-state index in [2.05, 4.69) is 10.6 Å². The van der Waals surface area contributed by atoms with Crippen molar-refractivity contribution in [2.75, 3.05) is 31.3 Å². The second-order valence-corrected chi connectivity index (χ2v) is 9.87. The molecule has 1 aliphatic rings. The van der Waals surface area contributed by atoms with Gasteiger partial charge in [0.05, 0.1) is 24.8 Å². The van der Waals surface area contributed by atoms with Crippen molar-refractivity contribution in [2.45, 2.75) is 38.6 Å². The van der Waals surface area contributed by atoms with E-state index in [0.717, 1.165) is 5.56 Å². The van der Waals surface area contributed by atoms with Gasteiger partial charge >= 0.3 is 0 Å². The molecule has 0 radical (unpaired) electrons. The maximum atomic E-state index is 12.4. The summed E-state index contributed by atoms with van der Waals surface area (Å²) in [6.45, 7) is 4.05. The molecule has 1 aromatic rings. The average Bonchev–Trinajstić information content (AvgIpc) is 2.62. The molecule has 1 aromatic carbocycles. The van der Waals surface area contributed by atoms with Crippen LogP contribution in [-0.4, -0.2) is 61.1 Å². The lowest BCUT2D eigenvalue weighted by molar-refractivity contribution is -0.122. The number of nitrogens with zero attached hydrogens (tertiary/aromatic N) is 1. The SMILES string of the molecule is CC(C)(CO)NC(=O)Cc1ccc(NC(=O)C2CCN(S(C)(=O)=O)CC2)cc1. The van der Waals surface area contributed by atoms with Crippen molar-refractivity contribution in [3.63, 3.8) is 0 Å². The smallest absolute Gasteiger partial charge is 0.227 e. The van der Waals surface area contributed by atoms with E-state index >= 15 is 0 Å². The van der Waals surface area contributed by atoms with Crippen LogP contribution >= 0.6 is 0 Å². The first-order chi connectivity index (χ1) is 13.0. The minimum atomic E-state index is -3.21. The third kappa shape index (κ3) is 6.57. The molecule has 3 N–H and O–H groups in total. The zero-order valence-corrected chi connectivity index (χ0v) is 17.4. The fraction of sp³-hybridized carbons (Fsp3) is 0.579. The van der Waals surface area contributed by atoms with Crippen LogP contribution in [0, 0.1) is 5.92 Å².